The van der Waals surface area contributed by atoms with E-state index in [1.54, 1.807) is 0 Å². The lowest BCUT2D eigenvalue weighted by Gasteiger charge is -2.13. The molecule has 1 aromatic carbocycles. The van der Waals surface area contributed by atoms with Crippen LogP contribution in [0.5, 0.6) is 0 Å². The zero-order valence-corrected chi connectivity index (χ0v) is 15.3. The molecule has 0 aliphatic carbocycles. The predicted octanol–water partition coefficient (Wildman–Crippen LogP) is 3.38. The van der Waals surface area contributed by atoms with Crippen LogP contribution in [0.4, 0.5) is 0 Å². The van der Waals surface area contributed by atoms with Crippen LogP contribution in [0.3, 0.4) is 0 Å². The third-order valence-corrected chi connectivity index (χ3v) is 5.79. The van der Waals surface area contributed by atoms with E-state index < -0.39 is 0 Å². The molecule has 5 heteroatoms. The number of nitrogens with zero attached hydrogens (tertiary/aromatic N) is 2. The topological polar surface area (TPSA) is 41.4 Å². The minimum Gasteiger partial charge on any atom is -0.390 e. The number of hydrogen-bond donors (Lipinski definition) is 2. The average molecular weight is 395 g/mol. The summed E-state index contributed by atoms with van der Waals surface area (Å²) in [6.45, 7) is 2.12. The normalized spacial score (nSPS) is 22.0. The van der Waals surface area contributed by atoms with Crippen molar-refractivity contribution in [2.75, 3.05) is 13.1 Å². The van der Waals surface area contributed by atoms with Gasteiger partial charge in [-0.1, -0.05) is 34.1 Å². The van der Waals surface area contributed by atoms with Crippen molar-refractivity contribution in [3.8, 4) is 11.3 Å². The molecular formula is C20H19BrN4. The van der Waals surface area contributed by atoms with Gasteiger partial charge in [0.2, 0.25) is 0 Å². The van der Waals surface area contributed by atoms with Gasteiger partial charge in [0.05, 0.1) is 11.4 Å². The molecule has 2 atom stereocenters. The Bertz CT molecular complexity index is 957. The Morgan fingerprint density at radius 1 is 1.12 bits per heavy atom. The SMILES string of the molecule is Brc1ccc(-c2nc3ccccn3c2CC2NCC3CNC=C32)cc1. The molecule has 2 aromatic heterocycles. The Balaban J connectivity index is 1.60. The van der Waals surface area contributed by atoms with E-state index >= 15 is 0 Å². The number of imidazole rings is 1. The van der Waals surface area contributed by atoms with Gasteiger partial charge in [-0.3, -0.25) is 0 Å². The first kappa shape index (κ1) is 15.2. The van der Waals surface area contributed by atoms with Crippen molar-refractivity contribution in [2.45, 2.75) is 12.5 Å². The summed E-state index contributed by atoms with van der Waals surface area (Å²) < 4.78 is 3.32. The van der Waals surface area contributed by atoms with Crippen LogP contribution in [0.15, 0.2) is 64.9 Å². The van der Waals surface area contributed by atoms with E-state index in [1.807, 2.05) is 6.07 Å². The Hall–Kier alpha value is -2.11. The van der Waals surface area contributed by atoms with Crippen LogP contribution >= 0.6 is 15.9 Å². The summed E-state index contributed by atoms with van der Waals surface area (Å²) in [4.78, 5) is 4.92. The highest BCUT2D eigenvalue weighted by Gasteiger charge is 2.33. The number of pyridine rings is 1. The maximum atomic E-state index is 4.92. The summed E-state index contributed by atoms with van der Waals surface area (Å²) in [7, 11) is 0. The van der Waals surface area contributed by atoms with Crippen molar-refractivity contribution in [3.05, 3.63) is 70.6 Å². The molecule has 0 spiro atoms. The van der Waals surface area contributed by atoms with E-state index in [0.717, 1.165) is 40.9 Å². The van der Waals surface area contributed by atoms with E-state index in [9.17, 15) is 0 Å². The first-order valence-corrected chi connectivity index (χ1v) is 9.47. The summed E-state index contributed by atoms with van der Waals surface area (Å²) in [6, 6.07) is 15.0. The summed E-state index contributed by atoms with van der Waals surface area (Å²) in [6.07, 6.45) is 5.27. The van der Waals surface area contributed by atoms with Crippen LogP contribution in [-0.4, -0.2) is 28.5 Å². The quantitative estimate of drug-likeness (QED) is 0.715. The largest absolute Gasteiger partial charge is 0.390 e. The van der Waals surface area contributed by atoms with Crippen molar-refractivity contribution in [1.82, 2.24) is 20.0 Å². The third-order valence-electron chi connectivity index (χ3n) is 5.26. The second-order valence-electron chi connectivity index (χ2n) is 6.76. The highest BCUT2D eigenvalue weighted by Crippen LogP contribution is 2.31. The minimum absolute atomic E-state index is 0.384. The second kappa shape index (κ2) is 6.00. The standard InChI is InChI=1S/C20H19BrN4/c21-15-6-4-13(5-7-15)20-18(25-8-2-1-3-19(25)24-20)9-17-16-12-22-10-14(16)11-23-17/h1-8,12,14,17,22-23H,9-11H2. The average Bonchev–Trinajstić information content (AvgIpc) is 3.32. The number of nitrogens with one attached hydrogen (secondary N) is 2. The number of halogens is 1. The lowest BCUT2D eigenvalue weighted by molar-refractivity contribution is 0.616. The highest BCUT2D eigenvalue weighted by molar-refractivity contribution is 9.10. The fourth-order valence-corrected chi connectivity index (χ4v) is 4.26. The van der Waals surface area contributed by atoms with Crippen LogP contribution in [0.2, 0.25) is 0 Å². The van der Waals surface area contributed by atoms with Gasteiger partial charge in [0.15, 0.2) is 0 Å². The molecule has 0 bridgehead atoms. The molecule has 2 aliphatic rings. The molecule has 2 unspecified atom stereocenters. The monoisotopic (exact) mass is 394 g/mol. The third kappa shape index (κ3) is 2.58. The van der Waals surface area contributed by atoms with Crippen molar-refractivity contribution in [1.29, 1.82) is 0 Å². The molecular weight excluding hydrogens is 376 g/mol. The zero-order chi connectivity index (χ0) is 16.8. The molecule has 1 fully saturated rings. The van der Waals surface area contributed by atoms with Gasteiger partial charge in [-0.15, -0.1) is 0 Å². The maximum Gasteiger partial charge on any atom is 0.137 e. The van der Waals surface area contributed by atoms with Gasteiger partial charge in [-0.25, -0.2) is 4.98 Å². The molecule has 126 valence electrons. The Labute approximate surface area is 155 Å². The molecule has 2 N–H and O–H groups in total. The van der Waals surface area contributed by atoms with Gasteiger partial charge in [0.1, 0.15) is 5.65 Å². The van der Waals surface area contributed by atoms with Gasteiger partial charge in [-0.05, 0) is 36.0 Å². The highest BCUT2D eigenvalue weighted by atomic mass is 79.9. The summed E-state index contributed by atoms with van der Waals surface area (Å²) in [5.41, 5.74) is 6.02. The zero-order valence-electron chi connectivity index (χ0n) is 13.7. The van der Waals surface area contributed by atoms with Crippen LogP contribution in [0.1, 0.15) is 5.69 Å². The number of rotatable bonds is 3. The van der Waals surface area contributed by atoms with Gasteiger partial charge in [0, 0.05) is 47.7 Å². The Morgan fingerprint density at radius 3 is 2.88 bits per heavy atom. The molecule has 0 saturated carbocycles. The summed E-state index contributed by atoms with van der Waals surface area (Å²) in [5.74, 6) is 0.639. The van der Waals surface area contributed by atoms with Crippen molar-refractivity contribution in [3.63, 3.8) is 0 Å². The Kier molecular flexibility index (Phi) is 3.64. The minimum atomic E-state index is 0.384. The molecule has 4 heterocycles. The van der Waals surface area contributed by atoms with Crippen LogP contribution in [-0.2, 0) is 6.42 Å². The second-order valence-corrected chi connectivity index (χ2v) is 7.67. The molecule has 0 amide bonds. The number of fused-ring (bicyclic) bond motifs is 2. The molecule has 5 rings (SSSR count). The first-order valence-electron chi connectivity index (χ1n) is 8.68. The number of aromatic nitrogens is 2. The van der Waals surface area contributed by atoms with E-state index in [-0.39, 0.29) is 0 Å². The van der Waals surface area contributed by atoms with Crippen LogP contribution in [0.25, 0.3) is 16.9 Å². The van der Waals surface area contributed by atoms with Gasteiger partial charge < -0.3 is 15.0 Å². The van der Waals surface area contributed by atoms with Gasteiger partial charge >= 0.3 is 0 Å². The van der Waals surface area contributed by atoms with E-state index in [4.69, 9.17) is 4.98 Å². The first-order chi connectivity index (χ1) is 12.3. The fraction of sp³-hybridized carbons (Fsp3) is 0.250. The molecule has 1 saturated heterocycles. The van der Waals surface area contributed by atoms with Gasteiger partial charge in [0.25, 0.3) is 0 Å². The lowest BCUT2D eigenvalue weighted by atomic mass is 9.97. The molecule has 25 heavy (non-hydrogen) atoms. The van der Waals surface area contributed by atoms with Crippen molar-refractivity contribution in [2.24, 2.45) is 5.92 Å². The lowest BCUT2D eigenvalue weighted by Crippen LogP contribution is -2.27. The van der Waals surface area contributed by atoms with E-state index in [2.05, 4.69) is 79.8 Å². The number of benzene rings is 1. The molecule has 4 nitrogen and oxygen atoms in total. The number of hydrogen-bond acceptors (Lipinski definition) is 3. The van der Waals surface area contributed by atoms with E-state index in [0.29, 0.717) is 12.0 Å². The van der Waals surface area contributed by atoms with Crippen molar-refractivity contribution < 1.29 is 0 Å². The Morgan fingerprint density at radius 2 is 2.00 bits per heavy atom. The van der Waals surface area contributed by atoms with Crippen molar-refractivity contribution >= 4 is 21.6 Å². The predicted molar refractivity (Wildman–Crippen MR) is 103 cm³/mol. The molecule has 0 radical (unpaired) electrons. The van der Waals surface area contributed by atoms with Crippen LogP contribution < -0.4 is 10.6 Å². The maximum absolute atomic E-state index is 4.92. The molecule has 2 aliphatic heterocycles. The smallest absolute Gasteiger partial charge is 0.137 e. The fourth-order valence-electron chi connectivity index (χ4n) is 4.00. The van der Waals surface area contributed by atoms with Gasteiger partial charge in [-0.2, -0.15) is 0 Å². The van der Waals surface area contributed by atoms with E-state index in [1.165, 1.54) is 11.3 Å². The summed E-state index contributed by atoms with van der Waals surface area (Å²) >= 11 is 3.52. The molecule has 3 aromatic rings. The van der Waals surface area contributed by atoms with Crippen LogP contribution in [0, 0.1) is 5.92 Å². The summed E-state index contributed by atoms with van der Waals surface area (Å²) in [5, 5.41) is 7.09.